The molecule has 0 unspecified atom stereocenters. The van der Waals surface area contributed by atoms with Gasteiger partial charge in [-0.2, -0.15) is 0 Å². The standard InChI is InChI=1S/C24H22ClN5O3/c1-3-20(32)29-7-8-30-17(11-29)12-33-23-21-19(26-13-27-24(21)30)10-18(22(23)25)15-5-4-6-16(9-15)28-14(2)31/h3-6,9-10,13,17H,1,7-8,11-12H2,2H3,(H,28,31)/t17-/m0/s1. The second kappa shape index (κ2) is 8.37. The Morgan fingerprint density at radius 3 is 2.91 bits per heavy atom. The quantitative estimate of drug-likeness (QED) is 0.598. The van der Waals surface area contributed by atoms with Gasteiger partial charge in [0.05, 0.1) is 22.0 Å². The molecular weight excluding hydrogens is 442 g/mol. The Hall–Kier alpha value is -3.65. The lowest BCUT2D eigenvalue weighted by Crippen LogP contribution is -2.56. The van der Waals surface area contributed by atoms with Crippen molar-refractivity contribution in [3.63, 3.8) is 0 Å². The number of hydrogen-bond donors (Lipinski definition) is 1. The summed E-state index contributed by atoms with van der Waals surface area (Å²) in [6.07, 6.45) is 2.87. The maximum Gasteiger partial charge on any atom is 0.246 e. The molecule has 3 heterocycles. The fraction of sp³-hybridized carbons (Fsp3) is 0.250. The molecule has 33 heavy (non-hydrogen) atoms. The van der Waals surface area contributed by atoms with E-state index in [2.05, 4.69) is 26.8 Å². The normalized spacial score (nSPS) is 17.1. The van der Waals surface area contributed by atoms with E-state index < -0.39 is 0 Å². The van der Waals surface area contributed by atoms with Crippen LogP contribution < -0.4 is 15.0 Å². The van der Waals surface area contributed by atoms with Gasteiger partial charge in [0.15, 0.2) is 5.75 Å². The second-order valence-electron chi connectivity index (χ2n) is 8.07. The first-order chi connectivity index (χ1) is 16.0. The third-order valence-electron chi connectivity index (χ3n) is 5.96. The van der Waals surface area contributed by atoms with Gasteiger partial charge in [0.1, 0.15) is 18.8 Å². The van der Waals surface area contributed by atoms with Crippen LogP contribution in [0.3, 0.4) is 0 Å². The van der Waals surface area contributed by atoms with Gasteiger partial charge < -0.3 is 19.9 Å². The van der Waals surface area contributed by atoms with Crippen LogP contribution in [0, 0.1) is 0 Å². The van der Waals surface area contributed by atoms with Gasteiger partial charge in [0, 0.05) is 37.8 Å². The smallest absolute Gasteiger partial charge is 0.246 e. The number of anilines is 2. The largest absolute Gasteiger partial charge is 0.489 e. The number of halogens is 1. The monoisotopic (exact) mass is 463 g/mol. The van der Waals surface area contributed by atoms with E-state index in [9.17, 15) is 9.59 Å². The van der Waals surface area contributed by atoms with Crippen molar-refractivity contribution in [2.75, 3.05) is 36.5 Å². The number of piperazine rings is 1. The number of ether oxygens (including phenoxy) is 1. The summed E-state index contributed by atoms with van der Waals surface area (Å²) in [4.78, 5) is 36.6. The highest BCUT2D eigenvalue weighted by atomic mass is 35.5. The highest BCUT2D eigenvalue weighted by Gasteiger charge is 2.35. The van der Waals surface area contributed by atoms with E-state index in [0.717, 1.165) is 22.3 Å². The fourth-order valence-electron chi connectivity index (χ4n) is 4.47. The van der Waals surface area contributed by atoms with Crippen molar-refractivity contribution >= 4 is 45.8 Å². The summed E-state index contributed by atoms with van der Waals surface area (Å²) in [5, 5.41) is 4.01. The van der Waals surface area contributed by atoms with Gasteiger partial charge in [-0.05, 0) is 29.8 Å². The zero-order valence-electron chi connectivity index (χ0n) is 18.0. The van der Waals surface area contributed by atoms with Gasteiger partial charge in [0.2, 0.25) is 11.8 Å². The van der Waals surface area contributed by atoms with E-state index in [0.29, 0.717) is 48.2 Å². The summed E-state index contributed by atoms with van der Waals surface area (Å²) in [7, 11) is 0. The molecule has 9 heteroatoms. The summed E-state index contributed by atoms with van der Waals surface area (Å²) in [5.74, 6) is 1.04. The number of fused-ring (bicyclic) bond motifs is 2. The lowest BCUT2D eigenvalue weighted by atomic mass is 10.0. The molecule has 1 saturated heterocycles. The Kier molecular flexibility index (Phi) is 5.38. The van der Waals surface area contributed by atoms with Crippen LogP contribution >= 0.6 is 11.6 Å². The molecule has 0 saturated carbocycles. The number of aromatic nitrogens is 2. The van der Waals surface area contributed by atoms with Crippen LogP contribution in [-0.4, -0.2) is 59.0 Å². The van der Waals surface area contributed by atoms with Crippen molar-refractivity contribution in [2.24, 2.45) is 0 Å². The predicted octanol–water partition coefficient (Wildman–Crippen LogP) is 3.50. The van der Waals surface area contributed by atoms with E-state index in [-0.39, 0.29) is 17.9 Å². The summed E-state index contributed by atoms with van der Waals surface area (Å²) < 4.78 is 6.25. The average molecular weight is 464 g/mol. The first kappa shape index (κ1) is 21.2. The molecule has 8 nitrogen and oxygen atoms in total. The maximum absolute atomic E-state index is 12.2. The molecule has 1 aromatic heterocycles. The van der Waals surface area contributed by atoms with Crippen LogP contribution in [0.5, 0.6) is 5.75 Å². The number of nitrogens with one attached hydrogen (secondary N) is 1. The molecule has 1 atom stereocenters. The third kappa shape index (κ3) is 3.76. The van der Waals surface area contributed by atoms with Crippen LogP contribution in [0.15, 0.2) is 49.3 Å². The third-order valence-corrected chi connectivity index (χ3v) is 6.33. The predicted molar refractivity (Wildman–Crippen MR) is 128 cm³/mol. The Morgan fingerprint density at radius 1 is 1.27 bits per heavy atom. The summed E-state index contributed by atoms with van der Waals surface area (Å²) >= 11 is 6.89. The van der Waals surface area contributed by atoms with Crippen LogP contribution in [-0.2, 0) is 9.59 Å². The SMILES string of the molecule is C=CC(=O)N1CCN2c3ncnc4cc(-c5cccc(NC(C)=O)c5)c(Cl)c(c34)OC[C@@H]2C1. The summed E-state index contributed by atoms with van der Waals surface area (Å²) in [6.45, 7) is 7.12. The molecule has 2 aliphatic rings. The maximum atomic E-state index is 12.2. The van der Waals surface area contributed by atoms with Crippen LogP contribution in [0.2, 0.25) is 5.02 Å². The number of rotatable bonds is 3. The van der Waals surface area contributed by atoms with Crippen LogP contribution in [0.4, 0.5) is 11.5 Å². The Morgan fingerprint density at radius 2 is 2.12 bits per heavy atom. The molecule has 2 aromatic carbocycles. The van der Waals surface area contributed by atoms with Crippen molar-refractivity contribution in [1.29, 1.82) is 0 Å². The van der Waals surface area contributed by atoms with E-state index in [4.69, 9.17) is 16.3 Å². The van der Waals surface area contributed by atoms with E-state index in [1.165, 1.54) is 19.3 Å². The van der Waals surface area contributed by atoms with Gasteiger partial charge in [0.25, 0.3) is 0 Å². The zero-order chi connectivity index (χ0) is 23.1. The number of amides is 2. The molecule has 168 valence electrons. The molecule has 3 aromatic rings. The molecule has 0 radical (unpaired) electrons. The minimum atomic E-state index is -0.148. The van der Waals surface area contributed by atoms with Gasteiger partial charge in [-0.15, -0.1) is 0 Å². The van der Waals surface area contributed by atoms with Gasteiger partial charge >= 0.3 is 0 Å². The Balaban J connectivity index is 1.60. The molecule has 2 amide bonds. The molecule has 1 N–H and O–H groups in total. The minimum absolute atomic E-state index is 0.0734. The highest BCUT2D eigenvalue weighted by molar-refractivity contribution is 6.36. The summed E-state index contributed by atoms with van der Waals surface area (Å²) in [5.41, 5.74) is 2.97. The first-order valence-corrected chi connectivity index (χ1v) is 11.0. The average Bonchev–Trinajstić information content (AvgIpc) is 2.98. The highest BCUT2D eigenvalue weighted by Crippen LogP contribution is 2.46. The molecule has 0 bridgehead atoms. The van der Waals surface area contributed by atoms with Gasteiger partial charge in [-0.3, -0.25) is 9.59 Å². The van der Waals surface area contributed by atoms with E-state index in [1.807, 2.05) is 30.3 Å². The topological polar surface area (TPSA) is 87.7 Å². The van der Waals surface area contributed by atoms with Crippen LogP contribution in [0.1, 0.15) is 6.92 Å². The molecule has 5 rings (SSSR count). The van der Waals surface area contributed by atoms with E-state index in [1.54, 1.807) is 4.90 Å². The molecule has 0 spiro atoms. The molecule has 1 fully saturated rings. The Labute approximate surface area is 195 Å². The van der Waals surface area contributed by atoms with E-state index >= 15 is 0 Å². The second-order valence-corrected chi connectivity index (χ2v) is 8.45. The number of hydrogen-bond acceptors (Lipinski definition) is 6. The number of carbonyl (C=O) groups is 2. The van der Waals surface area contributed by atoms with Gasteiger partial charge in [-0.25, -0.2) is 9.97 Å². The van der Waals surface area contributed by atoms with Crippen LogP contribution in [0.25, 0.3) is 22.0 Å². The first-order valence-electron chi connectivity index (χ1n) is 10.6. The van der Waals surface area contributed by atoms with Crippen molar-refractivity contribution in [2.45, 2.75) is 13.0 Å². The lowest BCUT2D eigenvalue weighted by molar-refractivity contribution is -0.126. The van der Waals surface area contributed by atoms with Crippen molar-refractivity contribution in [1.82, 2.24) is 14.9 Å². The number of nitrogens with zero attached hydrogens (tertiary/aromatic N) is 4. The zero-order valence-corrected chi connectivity index (χ0v) is 18.8. The van der Waals surface area contributed by atoms with Crippen molar-refractivity contribution < 1.29 is 14.3 Å². The van der Waals surface area contributed by atoms with Crippen molar-refractivity contribution in [3.05, 3.63) is 54.3 Å². The molecule has 2 aliphatic heterocycles. The molecular formula is C24H22ClN5O3. The minimum Gasteiger partial charge on any atom is -0.489 e. The number of benzene rings is 2. The van der Waals surface area contributed by atoms with Gasteiger partial charge in [-0.1, -0.05) is 30.3 Å². The summed E-state index contributed by atoms with van der Waals surface area (Å²) in [6, 6.07) is 9.31. The lowest BCUT2D eigenvalue weighted by Gasteiger charge is -2.40. The fourth-order valence-corrected chi connectivity index (χ4v) is 4.78. The Bertz CT molecular complexity index is 1290. The molecule has 0 aliphatic carbocycles. The number of carbonyl (C=O) groups excluding carboxylic acids is 2. The van der Waals surface area contributed by atoms with Crippen molar-refractivity contribution in [3.8, 4) is 16.9 Å².